The summed E-state index contributed by atoms with van der Waals surface area (Å²) in [6.07, 6.45) is 0. The van der Waals surface area contributed by atoms with Crippen LogP contribution in [0.25, 0.3) is 10.2 Å². The van der Waals surface area contributed by atoms with Gasteiger partial charge in [0.2, 0.25) is 0 Å². The van der Waals surface area contributed by atoms with Crippen LogP contribution in [0.1, 0.15) is 30.6 Å². The summed E-state index contributed by atoms with van der Waals surface area (Å²) in [6.45, 7) is 3.74. The number of esters is 1. The monoisotopic (exact) mass is 346 g/mol. The molecule has 0 saturated heterocycles. The van der Waals surface area contributed by atoms with Crippen molar-refractivity contribution in [2.75, 3.05) is 12.4 Å². The molecule has 1 amide bonds. The maximum Gasteiger partial charge on any atom is 0.341 e. The summed E-state index contributed by atoms with van der Waals surface area (Å²) < 4.78 is 5.76. The van der Waals surface area contributed by atoms with Gasteiger partial charge in [-0.2, -0.15) is 0 Å². The fourth-order valence-corrected chi connectivity index (χ4v) is 4.09. The summed E-state index contributed by atoms with van der Waals surface area (Å²) >= 11 is 2.68. The number of amides is 1. The summed E-state index contributed by atoms with van der Waals surface area (Å²) in [7, 11) is 1.33. The van der Waals surface area contributed by atoms with Gasteiger partial charge in [-0.05, 0) is 31.5 Å². The van der Waals surface area contributed by atoms with Crippen molar-refractivity contribution in [1.82, 2.24) is 4.98 Å². The molecule has 0 aliphatic heterocycles. The first-order chi connectivity index (χ1) is 11.0. The van der Waals surface area contributed by atoms with Crippen LogP contribution in [0.2, 0.25) is 0 Å². The number of nitrogens with zero attached hydrogens (tertiary/aromatic N) is 1. The smallest absolute Gasteiger partial charge is 0.341 e. The van der Waals surface area contributed by atoms with Gasteiger partial charge in [0.15, 0.2) is 5.01 Å². The van der Waals surface area contributed by atoms with Crippen LogP contribution in [0.4, 0.5) is 5.00 Å². The number of carbonyl (C=O) groups is 2. The van der Waals surface area contributed by atoms with E-state index in [9.17, 15) is 9.59 Å². The Morgan fingerprint density at radius 3 is 2.61 bits per heavy atom. The van der Waals surface area contributed by atoms with Gasteiger partial charge in [-0.15, -0.1) is 22.7 Å². The highest BCUT2D eigenvalue weighted by atomic mass is 32.1. The molecule has 0 bridgehead atoms. The van der Waals surface area contributed by atoms with E-state index in [4.69, 9.17) is 4.74 Å². The molecule has 2 heterocycles. The number of aryl methyl sites for hydroxylation is 1. The highest BCUT2D eigenvalue weighted by Gasteiger charge is 2.23. The number of para-hydroxylation sites is 1. The Labute approximate surface area is 140 Å². The molecule has 1 N–H and O–H groups in total. The SMILES string of the molecule is COC(=O)c1c(NC(=O)c2nc3ccccc3s2)sc(C)c1C. The quantitative estimate of drug-likeness (QED) is 0.728. The van der Waals surface area contributed by atoms with Gasteiger partial charge in [0.05, 0.1) is 22.9 Å². The highest BCUT2D eigenvalue weighted by Crippen LogP contribution is 2.33. The zero-order valence-electron chi connectivity index (χ0n) is 12.8. The molecule has 3 rings (SSSR count). The van der Waals surface area contributed by atoms with Crippen molar-refractivity contribution in [1.29, 1.82) is 0 Å². The Balaban J connectivity index is 1.94. The van der Waals surface area contributed by atoms with E-state index in [1.54, 1.807) is 0 Å². The topological polar surface area (TPSA) is 68.3 Å². The Kier molecular flexibility index (Phi) is 4.14. The largest absolute Gasteiger partial charge is 0.465 e. The van der Waals surface area contributed by atoms with E-state index in [1.165, 1.54) is 29.8 Å². The molecule has 0 spiro atoms. The lowest BCUT2D eigenvalue weighted by Crippen LogP contribution is -2.14. The average molecular weight is 346 g/mol. The number of anilines is 1. The highest BCUT2D eigenvalue weighted by molar-refractivity contribution is 7.20. The lowest BCUT2D eigenvalue weighted by atomic mass is 10.1. The molecule has 0 saturated carbocycles. The summed E-state index contributed by atoms with van der Waals surface area (Å²) in [5, 5.41) is 3.65. The maximum absolute atomic E-state index is 12.5. The fourth-order valence-electron chi connectivity index (χ4n) is 2.19. The number of thiazole rings is 1. The number of nitrogens with one attached hydrogen (secondary N) is 1. The van der Waals surface area contributed by atoms with Gasteiger partial charge in [0.1, 0.15) is 5.00 Å². The fraction of sp³-hybridized carbons (Fsp3) is 0.188. The van der Waals surface area contributed by atoms with Gasteiger partial charge in [0.25, 0.3) is 5.91 Å². The van der Waals surface area contributed by atoms with E-state index in [1.807, 2.05) is 38.1 Å². The average Bonchev–Trinajstić information content (AvgIpc) is 3.09. The lowest BCUT2D eigenvalue weighted by molar-refractivity contribution is 0.0601. The van der Waals surface area contributed by atoms with Gasteiger partial charge in [-0.3, -0.25) is 4.79 Å². The summed E-state index contributed by atoms with van der Waals surface area (Å²) in [6, 6.07) is 7.57. The van der Waals surface area contributed by atoms with Crippen molar-refractivity contribution >= 4 is 49.8 Å². The van der Waals surface area contributed by atoms with Crippen molar-refractivity contribution < 1.29 is 14.3 Å². The van der Waals surface area contributed by atoms with Crippen molar-refractivity contribution in [3.05, 3.63) is 45.3 Å². The van der Waals surface area contributed by atoms with Gasteiger partial charge < -0.3 is 10.1 Å². The molecule has 3 aromatic rings. The van der Waals surface area contributed by atoms with Crippen LogP contribution in [0.3, 0.4) is 0 Å². The maximum atomic E-state index is 12.5. The predicted octanol–water partition coefficient (Wildman–Crippen LogP) is 4.01. The third-order valence-corrected chi connectivity index (χ3v) is 5.65. The van der Waals surface area contributed by atoms with Crippen molar-refractivity contribution in [3.63, 3.8) is 0 Å². The third kappa shape index (κ3) is 2.85. The standard InChI is InChI=1S/C16H14N2O3S2/c1-8-9(2)22-14(12(8)16(20)21-3)18-13(19)15-17-10-6-4-5-7-11(10)23-15/h4-7H,1-3H3,(H,18,19). The van der Waals surface area contributed by atoms with E-state index < -0.39 is 5.97 Å². The number of hydrogen-bond acceptors (Lipinski definition) is 6. The molecule has 7 heteroatoms. The van der Waals surface area contributed by atoms with E-state index in [0.717, 1.165) is 20.7 Å². The zero-order valence-corrected chi connectivity index (χ0v) is 14.4. The molecule has 0 unspecified atom stereocenters. The number of fused-ring (bicyclic) bond motifs is 1. The molecule has 118 valence electrons. The van der Waals surface area contributed by atoms with E-state index >= 15 is 0 Å². The zero-order chi connectivity index (χ0) is 16.6. The molecule has 0 radical (unpaired) electrons. The number of aromatic nitrogens is 1. The molecule has 1 aromatic carbocycles. The second-order valence-corrected chi connectivity index (χ2v) is 7.18. The molecule has 2 aromatic heterocycles. The Morgan fingerprint density at radius 2 is 1.91 bits per heavy atom. The minimum Gasteiger partial charge on any atom is -0.465 e. The minimum absolute atomic E-state index is 0.322. The molecular weight excluding hydrogens is 332 g/mol. The van der Waals surface area contributed by atoms with Crippen molar-refractivity contribution in [3.8, 4) is 0 Å². The first-order valence-corrected chi connectivity index (χ1v) is 8.49. The molecule has 0 aliphatic carbocycles. The lowest BCUT2D eigenvalue weighted by Gasteiger charge is -2.04. The van der Waals surface area contributed by atoms with Crippen LogP contribution < -0.4 is 5.32 Å². The number of methoxy groups -OCH3 is 1. The molecule has 5 nitrogen and oxygen atoms in total. The van der Waals surface area contributed by atoms with Crippen LogP contribution in [0, 0.1) is 13.8 Å². The normalized spacial score (nSPS) is 10.7. The number of benzene rings is 1. The Morgan fingerprint density at radius 1 is 1.17 bits per heavy atom. The number of ether oxygens (including phenoxy) is 1. The number of thiophene rings is 1. The number of carbonyl (C=O) groups excluding carboxylic acids is 2. The second kappa shape index (κ2) is 6.10. The second-order valence-electron chi connectivity index (χ2n) is 4.92. The van der Waals surface area contributed by atoms with Crippen molar-refractivity contribution in [2.45, 2.75) is 13.8 Å². The van der Waals surface area contributed by atoms with Crippen LogP contribution in [-0.4, -0.2) is 24.0 Å². The third-order valence-electron chi connectivity index (χ3n) is 3.49. The van der Waals surface area contributed by atoms with E-state index in [-0.39, 0.29) is 5.91 Å². The van der Waals surface area contributed by atoms with Gasteiger partial charge >= 0.3 is 5.97 Å². The Bertz CT molecular complexity index is 878. The van der Waals surface area contributed by atoms with Gasteiger partial charge in [0, 0.05) is 4.88 Å². The van der Waals surface area contributed by atoms with Crippen LogP contribution in [0.5, 0.6) is 0 Å². The number of hydrogen-bond donors (Lipinski definition) is 1. The van der Waals surface area contributed by atoms with Gasteiger partial charge in [-0.1, -0.05) is 12.1 Å². The van der Waals surface area contributed by atoms with Gasteiger partial charge in [-0.25, -0.2) is 9.78 Å². The van der Waals surface area contributed by atoms with Crippen LogP contribution in [0.15, 0.2) is 24.3 Å². The molecular formula is C16H14N2O3S2. The molecule has 0 fully saturated rings. The summed E-state index contributed by atoms with van der Waals surface area (Å²) in [4.78, 5) is 29.7. The first-order valence-electron chi connectivity index (χ1n) is 6.86. The molecule has 0 atom stereocenters. The molecule has 23 heavy (non-hydrogen) atoms. The number of rotatable bonds is 3. The predicted molar refractivity (Wildman–Crippen MR) is 92.7 cm³/mol. The van der Waals surface area contributed by atoms with Crippen molar-refractivity contribution in [2.24, 2.45) is 0 Å². The summed E-state index contributed by atoms with van der Waals surface area (Å²) in [5.74, 6) is -0.774. The van der Waals surface area contributed by atoms with Crippen LogP contribution in [-0.2, 0) is 4.74 Å². The summed E-state index contributed by atoms with van der Waals surface area (Å²) in [5.41, 5.74) is 2.01. The molecule has 0 aliphatic rings. The van der Waals surface area contributed by atoms with Crippen LogP contribution >= 0.6 is 22.7 Å². The van der Waals surface area contributed by atoms with E-state index in [2.05, 4.69) is 10.3 Å². The van der Waals surface area contributed by atoms with E-state index in [0.29, 0.717) is 15.6 Å². The first kappa shape index (κ1) is 15.6. The minimum atomic E-state index is -0.452. The Hall–Kier alpha value is -2.25.